The Labute approximate surface area is 179 Å². The van der Waals surface area contributed by atoms with Crippen LogP contribution in [0.4, 0.5) is 11.5 Å². The molecule has 30 heavy (non-hydrogen) atoms. The van der Waals surface area contributed by atoms with E-state index in [9.17, 15) is 9.59 Å². The van der Waals surface area contributed by atoms with Crippen molar-refractivity contribution in [3.63, 3.8) is 0 Å². The van der Waals surface area contributed by atoms with Crippen LogP contribution in [0.1, 0.15) is 22.8 Å². The van der Waals surface area contributed by atoms with Gasteiger partial charge >= 0.3 is 0 Å². The molecule has 0 unspecified atom stereocenters. The molecule has 3 aromatic rings. The molecule has 0 saturated carbocycles. The summed E-state index contributed by atoms with van der Waals surface area (Å²) in [7, 11) is 0. The number of nitrogens with zero attached hydrogens (tertiary/aromatic N) is 2. The number of benzene rings is 2. The monoisotopic (exact) mass is 422 g/mol. The molecule has 0 aliphatic rings. The number of amides is 2. The van der Waals surface area contributed by atoms with E-state index < -0.39 is 0 Å². The minimum absolute atomic E-state index is 0.171. The summed E-state index contributed by atoms with van der Waals surface area (Å²) in [4.78, 5) is 24.5. The molecular weight excluding hydrogens is 400 g/mol. The summed E-state index contributed by atoms with van der Waals surface area (Å²) in [6.07, 6.45) is 0. The maximum atomic E-state index is 12.2. The average Bonchev–Trinajstić information content (AvgIpc) is 2.75. The van der Waals surface area contributed by atoms with E-state index in [2.05, 4.69) is 20.8 Å². The van der Waals surface area contributed by atoms with Crippen molar-refractivity contribution < 1.29 is 14.3 Å². The number of aryl methyl sites for hydroxylation is 1. The summed E-state index contributed by atoms with van der Waals surface area (Å²) >= 11 is 1.25. The fraction of sp³-hybridized carbons (Fsp3) is 0.182. The summed E-state index contributed by atoms with van der Waals surface area (Å²) in [5.41, 5.74) is 2.26. The highest BCUT2D eigenvalue weighted by molar-refractivity contribution is 7.99. The third-order valence-electron chi connectivity index (χ3n) is 4.01. The fourth-order valence-corrected chi connectivity index (χ4v) is 3.15. The molecule has 154 valence electrons. The smallest absolute Gasteiger partial charge is 0.256 e. The summed E-state index contributed by atoms with van der Waals surface area (Å²) in [6.45, 7) is 4.37. The van der Waals surface area contributed by atoms with E-state index in [4.69, 9.17) is 4.74 Å². The van der Waals surface area contributed by atoms with Gasteiger partial charge in [0.25, 0.3) is 5.91 Å². The van der Waals surface area contributed by atoms with Crippen LogP contribution in [0.25, 0.3) is 0 Å². The standard InChI is InChI=1S/C22H22N4O3S/c1-3-29-18-7-5-4-6-17(18)23-20(27)14-30-21-13-12-19(25-26-21)24-22(28)16-10-8-15(2)9-11-16/h4-13H,3,14H2,1-2H3,(H,23,27)(H,24,25,28). The van der Waals surface area contributed by atoms with Crippen molar-refractivity contribution in [3.05, 3.63) is 71.8 Å². The molecule has 0 atom stereocenters. The van der Waals surface area contributed by atoms with Crippen molar-refractivity contribution in [2.24, 2.45) is 0 Å². The highest BCUT2D eigenvalue weighted by atomic mass is 32.2. The Balaban J connectivity index is 1.51. The van der Waals surface area contributed by atoms with Crippen molar-refractivity contribution in [1.29, 1.82) is 0 Å². The maximum Gasteiger partial charge on any atom is 0.256 e. The fourth-order valence-electron chi connectivity index (χ4n) is 2.53. The summed E-state index contributed by atoms with van der Waals surface area (Å²) < 4.78 is 5.50. The summed E-state index contributed by atoms with van der Waals surface area (Å²) in [6, 6.07) is 17.9. The van der Waals surface area contributed by atoms with Gasteiger partial charge in [-0.3, -0.25) is 9.59 Å². The molecule has 0 saturated heterocycles. The Hall–Kier alpha value is -3.39. The Bertz CT molecular complexity index is 1010. The number of thioether (sulfide) groups is 1. The number of anilines is 2. The first-order chi connectivity index (χ1) is 14.5. The molecule has 0 aliphatic heterocycles. The van der Waals surface area contributed by atoms with Crippen molar-refractivity contribution in [1.82, 2.24) is 10.2 Å². The SMILES string of the molecule is CCOc1ccccc1NC(=O)CSc1ccc(NC(=O)c2ccc(C)cc2)nn1. The molecule has 2 aromatic carbocycles. The number of aromatic nitrogens is 2. The highest BCUT2D eigenvalue weighted by Crippen LogP contribution is 2.24. The van der Waals surface area contributed by atoms with Crippen LogP contribution in [-0.2, 0) is 4.79 Å². The quantitative estimate of drug-likeness (QED) is 0.529. The van der Waals surface area contributed by atoms with Crippen molar-refractivity contribution in [2.45, 2.75) is 18.9 Å². The van der Waals surface area contributed by atoms with Gasteiger partial charge in [-0.25, -0.2) is 0 Å². The molecule has 0 fully saturated rings. The van der Waals surface area contributed by atoms with Crippen molar-refractivity contribution >= 4 is 35.1 Å². The second kappa shape index (κ2) is 10.4. The molecule has 0 radical (unpaired) electrons. The number of nitrogens with one attached hydrogen (secondary N) is 2. The molecule has 3 rings (SSSR count). The van der Waals surface area contributed by atoms with Gasteiger partial charge in [0.2, 0.25) is 5.91 Å². The van der Waals surface area contributed by atoms with Crippen molar-refractivity contribution in [2.75, 3.05) is 23.0 Å². The Morgan fingerprint density at radius 2 is 1.73 bits per heavy atom. The van der Waals surface area contributed by atoms with E-state index in [0.717, 1.165) is 5.56 Å². The first-order valence-electron chi connectivity index (χ1n) is 9.41. The first kappa shape index (κ1) is 21.3. The number of carbonyl (C=O) groups is 2. The minimum Gasteiger partial charge on any atom is -0.492 e. The second-order valence-corrected chi connectivity index (χ2v) is 7.34. The van der Waals surface area contributed by atoms with Gasteiger partial charge in [0, 0.05) is 5.56 Å². The lowest BCUT2D eigenvalue weighted by Gasteiger charge is -2.11. The number of para-hydroxylation sites is 2. The summed E-state index contributed by atoms with van der Waals surface area (Å²) in [5.74, 6) is 0.721. The molecular formula is C22H22N4O3S. The largest absolute Gasteiger partial charge is 0.492 e. The van der Waals surface area contributed by atoms with Gasteiger partial charge in [-0.1, -0.05) is 41.6 Å². The zero-order valence-corrected chi connectivity index (χ0v) is 17.5. The number of ether oxygens (including phenoxy) is 1. The zero-order chi connectivity index (χ0) is 21.3. The second-order valence-electron chi connectivity index (χ2n) is 6.34. The average molecular weight is 423 g/mol. The number of hydrogen-bond donors (Lipinski definition) is 2. The van der Waals surface area contributed by atoms with Crippen LogP contribution >= 0.6 is 11.8 Å². The predicted octanol–water partition coefficient (Wildman–Crippen LogP) is 4.17. The molecule has 2 amide bonds. The van der Waals surface area contributed by atoms with Crippen LogP contribution in [0.5, 0.6) is 5.75 Å². The maximum absolute atomic E-state index is 12.2. The van der Waals surface area contributed by atoms with Crippen molar-refractivity contribution in [3.8, 4) is 5.75 Å². The van der Waals surface area contributed by atoms with Crippen LogP contribution in [-0.4, -0.2) is 34.4 Å². The van der Waals surface area contributed by atoms with Gasteiger partial charge in [-0.15, -0.1) is 10.2 Å². The number of carbonyl (C=O) groups excluding carboxylic acids is 2. The topological polar surface area (TPSA) is 93.2 Å². The summed E-state index contributed by atoms with van der Waals surface area (Å²) in [5, 5.41) is 14.2. The van der Waals surface area contributed by atoms with Gasteiger partial charge in [0.15, 0.2) is 5.82 Å². The molecule has 0 aliphatic carbocycles. The number of hydrogen-bond acceptors (Lipinski definition) is 6. The highest BCUT2D eigenvalue weighted by Gasteiger charge is 2.10. The lowest BCUT2D eigenvalue weighted by atomic mass is 10.1. The Morgan fingerprint density at radius 1 is 0.967 bits per heavy atom. The van der Waals surface area contributed by atoms with Crippen LogP contribution in [0.2, 0.25) is 0 Å². The van der Waals surface area contributed by atoms with E-state index in [1.54, 1.807) is 36.4 Å². The molecule has 7 nitrogen and oxygen atoms in total. The minimum atomic E-state index is -0.253. The van der Waals surface area contributed by atoms with Crippen LogP contribution in [0.15, 0.2) is 65.7 Å². The third-order valence-corrected chi connectivity index (χ3v) is 4.93. The third kappa shape index (κ3) is 6.05. The normalized spacial score (nSPS) is 10.3. The van der Waals surface area contributed by atoms with E-state index >= 15 is 0 Å². The van der Waals surface area contributed by atoms with E-state index in [0.29, 0.717) is 34.5 Å². The lowest BCUT2D eigenvalue weighted by Crippen LogP contribution is -2.15. The van der Waals surface area contributed by atoms with Gasteiger partial charge < -0.3 is 15.4 Å². The predicted molar refractivity (Wildman–Crippen MR) is 118 cm³/mol. The van der Waals surface area contributed by atoms with Gasteiger partial charge in [-0.2, -0.15) is 0 Å². The van der Waals surface area contributed by atoms with Gasteiger partial charge in [0.1, 0.15) is 10.8 Å². The van der Waals surface area contributed by atoms with E-state index in [1.165, 1.54) is 11.8 Å². The zero-order valence-electron chi connectivity index (χ0n) is 16.7. The van der Waals surface area contributed by atoms with E-state index in [1.807, 2.05) is 38.1 Å². The molecule has 1 aromatic heterocycles. The molecule has 2 N–H and O–H groups in total. The number of rotatable bonds is 8. The van der Waals surface area contributed by atoms with Gasteiger partial charge in [-0.05, 0) is 50.2 Å². The van der Waals surface area contributed by atoms with E-state index in [-0.39, 0.29) is 17.6 Å². The van der Waals surface area contributed by atoms with Crippen LogP contribution in [0.3, 0.4) is 0 Å². The molecule has 0 bridgehead atoms. The molecule has 8 heteroatoms. The van der Waals surface area contributed by atoms with Crippen LogP contribution in [0, 0.1) is 6.92 Å². The van der Waals surface area contributed by atoms with Crippen LogP contribution < -0.4 is 15.4 Å². The molecule has 1 heterocycles. The molecule has 0 spiro atoms. The first-order valence-corrected chi connectivity index (χ1v) is 10.4. The lowest BCUT2D eigenvalue weighted by molar-refractivity contribution is -0.113. The Morgan fingerprint density at radius 3 is 2.43 bits per heavy atom. The Kier molecular flexibility index (Phi) is 7.40. The van der Waals surface area contributed by atoms with Gasteiger partial charge in [0.05, 0.1) is 18.0 Å².